The number of rotatable bonds is 3. The van der Waals surface area contributed by atoms with Crippen LogP contribution >= 0.6 is 0 Å². The van der Waals surface area contributed by atoms with E-state index in [2.05, 4.69) is 17.1 Å². The van der Waals surface area contributed by atoms with Crippen LogP contribution in [0.15, 0.2) is 24.3 Å². The van der Waals surface area contributed by atoms with Crippen LogP contribution in [0.4, 0.5) is 4.39 Å². The summed E-state index contributed by atoms with van der Waals surface area (Å²) < 4.78 is 13.6. The van der Waals surface area contributed by atoms with Crippen LogP contribution in [0.25, 0.3) is 0 Å². The quantitative estimate of drug-likeness (QED) is 0.867. The van der Waals surface area contributed by atoms with Gasteiger partial charge in [0.05, 0.1) is 0 Å². The molecule has 1 aliphatic rings. The summed E-state index contributed by atoms with van der Waals surface area (Å²) in [7, 11) is 2.02. The second-order valence-corrected chi connectivity index (χ2v) is 4.92. The van der Waals surface area contributed by atoms with Gasteiger partial charge in [0.2, 0.25) is 0 Å². The molecule has 0 amide bonds. The molecular formula is C14H21FN2. The largest absolute Gasteiger partial charge is 0.317 e. The molecule has 2 nitrogen and oxygen atoms in total. The van der Waals surface area contributed by atoms with Crippen LogP contribution in [0.1, 0.15) is 25.3 Å². The molecule has 1 aromatic rings. The number of hydrogen-bond acceptors (Lipinski definition) is 2. The van der Waals surface area contributed by atoms with Gasteiger partial charge in [0.15, 0.2) is 0 Å². The first-order valence-electron chi connectivity index (χ1n) is 6.35. The normalized spacial score (nSPS) is 26.1. The lowest BCUT2D eigenvalue weighted by Crippen LogP contribution is -2.46. The molecule has 0 spiro atoms. The summed E-state index contributed by atoms with van der Waals surface area (Å²) in [6.45, 7) is 4.00. The van der Waals surface area contributed by atoms with Crippen molar-refractivity contribution in [1.82, 2.24) is 10.2 Å². The second kappa shape index (κ2) is 5.61. The molecule has 17 heavy (non-hydrogen) atoms. The third kappa shape index (κ3) is 3.05. The SMILES string of the molecule is CNC1CCN(Cc2ccccc2F)C(C)C1. The number of piperidine rings is 1. The van der Waals surface area contributed by atoms with Crippen molar-refractivity contribution in [2.24, 2.45) is 0 Å². The Morgan fingerprint density at radius 3 is 2.82 bits per heavy atom. The summed E-state index contributed by atoms with van der Waals surface area (Å²) in [4.78, 5) is 2.37. The Balaban J connectivity index is 1.98. The Morgan fingerprint density at radius 1 is 1.41 bits per heavy atom. The van der Waals surface area contributed by atoms with Gasteiger partial charge in [-0.1, -0.05) is 18.2 Å². The first kappa shape index (κ1) is 12.5. The van der Waals surface area contributed by atoms with Gasteiger partial charge in [0.25, 0.3) is 0 Å². The van der Waals surface area contributed by atoms with E-state index >= 15 is 0 Å². The minimum Gasteiger partial charge on any atom is -0.317 e. The van der Waals surface area contributed by atoms with Gasteiger partial charge in [-0.3, -0.25) is 4.90 Å². The number of halogens is 1. The maximum atomic E-state index is 13.6. The topological polar surface area (TPSA) is 15.3 Å². The Hall–Kier alpha value is -0.930. The molecule has 0 aromatic heterocycles. The monoisotopic (exact) mass is 236 g/mol. The molecule has 1 heterocycles. The average Bonchev–Trinajstić information content (AvgIpc) is 2.34. The molecule has 2 rings (SSSR count). The Bertz CT molecular complexity index is 367. The first-order valence-corrected chi connectivity index (χ1v) is 6.35. The van der Waals surface area contributed by atoms with Gasteiger partial charge in [0.1, 0.15) is 5.82 Å². The average molecular weight is 236 g/mol. The lowest BCUT2D eigenvalue weighted by atomic mass is 9.98. The van der Waals surface area contributed by atoms with Gasteiger partial charge in [0, 0.05) is 30.7 Å². The van der Waals surface area contributed by atoms with Crippen LogP contribution < -0.4 is 5.32 Å². The van der Waals surface area contributed by atoms with Gasteiger partial charge in [-0.15, -0.1) is 0 Å². The van der Waals surface area contributed by atoms with Crippen molar-refractivity contribution in [3.8, 4) is 0 Å². The van der Waals surface area contributed by atoms with Gasteiger partial charge in [-0.25, -0.2) is 4.39 Å². The van der Waals surface area contributed by atoms with Gasteiger partial charge < -0.3 is 5.32 Å². The zero-order chi connectivity index (χ0) is 12.3. The highest BCUT2D eigenvalue weighted by molar-refractivity contribution is 5.17. The molecule has 2 atom stereocenters. The Morgan fingerprint density at radius 2 is 2.18 bits per heavy atom. The van der Waals surface area contributed by atoms with Crippen molar-refractivity contribution in [3.05, 3.63) is 35.6 Å². The van der Waals surface area contributed by atoms with E-state index in [4.69, 9.17) is 0 Å². The Labute approximate surface area is 103 Å². The molecule has 0 saturated carbocycles. The summed E-state index contributed by atoms with van der Waals surface area (Å²) in [5.41, 5.74) is 0.808. The van der Waals surface area contributed by atoms with Crippen LogP contribution in [0.2, 0.25) is 0 Å². The van der Waals surface area contributed by atoms with E-state index in [1.807, 2.05) is 19.2 Å². The third-order valence-corrected chi connectivity index (χ3v) is 3.75. The van der Waals surface area contributed by atoms with Crippen LogP contribution in [-0.4, -0.2) is 30.6 Å². The fourth-order valence-corrected chi connectivity index (χ4v) is 2.56. The zero-order valence-corrected chi connectivity index (χ0v) is 10.6. The summed E-state index contributed by atoms with van der Waals surface area (Å²) in [5.74, 6) is -0.0876. The summed E-state index contributed by atoms with van der Waals surface area (Å²) >= 11 is 0. The smallest absolute Gasteiger partial charge is 0.127 e. The van der Waals surface area contributed by atoms with E-state index in [9.17, 15) is 4.39 Å². The van der Waals surface area contributed by atoms with Crippen molar-refractivity contribution < 1.29 is 4.39 Å². The van der Waals surface area contributed by atoms with Gasteiger partial charge >= 0.3 is 0 Å². The molecular weight excluding hydrogens is 215 g/mol. The molecule has 2 unspecified atom stereocenters. The molecule has 0 aliphatic carbocycles. The fourth-order valence-electron chi connectivity index (χ4n) is 2.56. The van der Waals surface area contributed by atoms with Crippen LogP contribution in [0.3, 0.4) is 0 Å². The Kier molecular flexibility index (Phi) is 4.13. The minimum absolute atomic E-state index is 0.0876. The van der Waals surface area contributed by atoms with Crippen LogP contribution in [0, 0.1) is 5.82 Å². The predicted molar refractivity (Wildman–Crippen MR) is 68.4 cm³/mol. The van der Waals surface area contributed by atoms with Crippen LogP contribution in [0.5, 0.6) is 0 Å². The third-order valence-electron chi connectivity index (χ3n) is 3.75. The van der Waals surface area contributed by atoms with Gasteiger partial charge in [-0.2, -0.15) is 0 Å². The van der Waals surface area contributed by atoms with Crippen molar-refractivity contribution in [3.63, 3.8) is 0 Å². The number of benzene rings is 1. The highest BCUT2D eigenvalue weighted by Gasteiger charge is 2.24. The number of nitrogens with one attached hydrogen (secondary N) is 1. The standard InChI is InChI=1S/C14H21FN2/c1-11-9-13(16-2)7-8-17(11)10-12-5-3-4-6-14(12)15/h3-6,11,13,16H,7-10H2,1-2H3. The molecule has 1 fully saturated rings. The summed E-state index contributed by atoms with van der Waals surface area (Å²) in [6, 6.07) is 8.20. The minimum atomic E-state index is -0.0876. The number of likely N-dealkylation sites (tertiary alicyclic amines) is 1. The lowest BCUT2D eigenvalue weighted by Gasteiger charge is -2.37. The maximum Gasteiger partial charge on any atom is 0.127 e. The van der Waals surface area contributed by atoms with E-state index in [0.29, 0.717) is 12.1 Å². The van der Waals surface area contributed by atoms with Gasteiger partial charge in [-0.05, 0) is 32.9 Å². The highest BCUT2D eigenvalue weighted by Crippen LogP contribution is 2.20. The van der Waals surface area contributed by atoms with Crippen molar-refractivity contribution in [2.45, 2.75) is 38.4 Å². The maximum absolute atomic E-state index is 13.6. The van der Waals surface area contributed by atoms with E-state index in [-0.39, 0.29) is 5.82 Å². The fraction of sp³-hybridized carbons (Fsp3) is 0.571. The molecule has 1 aliphatic heterocycles. The molecule has 1 aromatic carbocycles. The molecule has 0 radical (unpaired) electrons. The van der Waals surface area contributed by atoms with E-state index < -0.39 is 0 Å². The predicted octanol–water partition coefficient (Wildman–Crippen LogP) is 2.40. The highest BCUT2D eigenvalue weighted by atomic mass is 19.1. The van der Waals surface area contributed by atoms with Crippen LogP contribution in [-0.2, 0) is 6.54 Å². The number of nitrogens with zero attached hydrogens (tertiary/aromatic N) is 1. The number of hydrogen-bond donors (Lipinski definition) is 1. The van der Waals surface area contributed by atoms with E-state index in [1.54, 1.807) is 12.1 Å². The zero-order valence-electron chi connectivity index (χ0n) is 10.6. The molecule has 3 heteroatoms. The second-order valence-electron chi connectivity index (χ2n) is 4.92. The van der Waals surface area contributed by atoms with E-state index in [0.717, 1.165) is 31.5 Å². The molecule has 1 saturated heterocycles. The summed E-state index contributed by atoms with van der Waals surface area (Å²) in [6.07, 6.45) is 2.29. The molecule has 94 valence electrons. The molecule has 1 N–H and O–H groups in total. The van der Waals surface area contributed by atoms with Crippen molar-refractivity contribution in [2.75, 3.05) is 13.6 Å². The molecule has 0 bridgehead atoms. The first-order chi connectivity index (χ1) is 8.20. The summed E-state index contributed by atoms with van der Waals surface area (Å²) in [5, 5.41) is 3.33. The van der Waals surface area contributed by atoms with E-state index in [1.165, 1.54) is 0 Å². The van der Waals surface area contributed by atoms with Crippen molar-refractivity contribution >= 4 is 0 Å². The van der Waals surface area contributed by atoms with Crippen molar-refractivity contribution in [1.29, 1.82) is 0 Å². The lowest BCUT2D eigenvalue weighted by molar-refractivity contribution is 0.130.